The Kier molecular flexibility index (Phi) is 15.6. The quantitative estimate of drug-likeness (QED) is 0.0506. The first-order valence-corrected chi connectivity index (χ1v) is 20.3. The van der Waals surface area contributed by atoms with Crippen molar-refractivity contribution in [2.24, 2.45) is 10.9 Å². The van der Waals surface area contributed by atoms with Crippen molar-refractivity contribution in [3.05, 3.63) is 107 Å². The Morgan fingerprint density at radius 1 is 0.810 bits per heavy atom. The molecule has 11 heteroatoms. The van der Waals surface area contributed by atoms with Crippen molar-refractivity contribution in [1.29, 1.82) is 0 Å². The predicted molar refractivity (Wildman–Crippen MR) is 227 cm³/mol. The van der Waals surface area contributed by atoms with Gasteiger partial charge in [-0.3, -0.25) is 24.2 Å². The van der Waals surface area contributed by atoms with Crippen LogP contribution in [0.3, 0.4) is 0 Å². The molecule has 58 heavy (non-hydrogen) atoms. The van der Waals surface area contributed by atoms with Crippen molar-refractivity contribution in [3.63, 3.8) is 0 Å². The van der Waals surface area contributed by atoms with Crippen molar-refractivity contribution in [3.8, 4) is 22.5 Å². The fraction of sp³-hybridized carbons (Fsp3) is 0.383. The van der Waals surface area contributed by atoms with Gasteiger partial charge in [0.1, 0.15) is 24.0 Å². The maximum Gasteiger partial charge on any atom is 0.306 e. The molecule has 0 spiro atoms. The molecular weight excluding hydrogens is 733 g/mol. The Morgan fingerprint density at radius 2 is 1.53 bits per heavy atom. The van der Waals surface area contributed by atoms with Gasteiger partial charge in [0.2, 0.25) is 5.91 Å². The maximum absolute atomic E-state index is 15.1. The first-order chi connectivity index (χ1) is 28.1. The summed E-state index contributed by atoms with van der Waals surface area (Å²) in [5, 5.41) is 4.59. The number of anilines is 1. The molecule has 0 saturated heterocycles. The summed E-state index contributed by atoms with van der Waals surface area (Å²) >= 11 is 0. The Hall–Kier alpha value is -5.97. The second-order valence-electron chi connectivity index (χ2n) is 14.4. The molecule has 0 radical (unpaired) electrons. The topological polar surface area (TPSA) is 131 Å². The van der Waals surface area contributed by atoms with E-state index in [1.165, 1.54) is 7.11 Å². The first-order valence-electron chi connectivity index (χ1n) is 20.3. The Morgan fingerprint density at radius 3 is 2.24 bits per heavy atom. The van der Waals surface area contributed by atoms with Gasteiger partial charge in [0.15, 0.2) is 0 Å². The summed E-state index contributed by atoms with van der Waals surface area (Å²) in [5.74, 6) is -1.11. The average Bonchev–Trinajstić information content (AvgIpc) is 3.23. The molecule has 306 valence electrons. The third-order valence-electron chi connectivity index (χ3n) is 10.2. The van der Waals surface area contributed by atoms with Gasteiger partial charge in [0, 0.05) is 85.5 Å². The number of hydrogen-bond acceptors (Lipinski definition) is 9. The highest BCUT2D eigenvalue weighted by atomic mass is 16.5. The lowest BCUT2D eigenvalue weighted by Gasteiger charge is -2.34. The van der Waals surface area contributed by atoms with Gasteiger partial charge in [-0.2, -0.15) is 0 Å². The van der Waals surface area contributed by atoms with Crippen LogP contribution >= 0.6 is 0 Å². The number of nitrogens with zero attached hydrogens (tertiary/aromatic N) is 3. The molecule has 1 atom stereocenters. The van der Waals surface area contributed by atoms with Gasteiger partial charge in [0.05, 0.1) is 12.5 Å². The molecule has 1 N–H and O–H groups in total. The largest absolute Gasteiger partial charge is 0.469 e. The maximum atomic E-state index is 15.1. The van der Waals surface area contributed by atoms with Gasteiger partial charge >= 0.3 is 11.9 Å². The predicted octanol–water partition coefficient (Wildman–Crippen LogP) is 8.03. The molecule has 0 bridgehead atoms. The van der Waals surface area contributed by atoms with E-state index >= 15 is 4.79 Å². The van der Waals surface area contributed by atoms with E-state index in [2.05, 4.69) is 35.1 Å². The molecule has 3 aromatic rings. The number of carbonyl (C=O) groups excluding carboxylic acids is 4. The number of hydrogen-bond donors (Lipinski definition) is 1. The minimum atomic E-state index is -0.877. The van der Waals surface area contributed by atoms with Crippen LogP contribution in [0.4, 0.5) is 5.69 Å². The van der Waals surface area contributed by atoms with Gasteiger partial charge in [-0.05, 0) is 81.0 Å². The van der Waals surface area contributed by atoms with Crippen LogP contribution in [0.5, 0.6) is 0 Å². The lowest BCUT2D eigenvalue weighted by Crippen LogP contribution is -2.53. The third-order valence-corrected chi connectivity index (χ3v) is 10.2. The SMILES string of the molecule is CC/N=c1\ccc2c(-c3ccccc3C(=O)N(CCCC(=O)OC)C(C(=O)NCCCC(=O)OCc3ccccc3)C(C)C)c3ccc(N(CC)CC)cc3oc-2c1. The second-order valence-corrected chi connectivity index (χ2v) is 14.4. The molecule has 1 unspecified atom stereocenters. The van der Waals surface area contributed by atoms with Crippen LogP contribution in [0.15, 0.2) is 100 Å². The molecule has 11 nitrogen and oxygen atoms in total. The number of fused-ring (bicyclic) bond motifs is 2. The van der Waals surface area contributed by atoms with Crippen LogP contribution in [0.25, 0.3) is 33.4 Å². The lowest BCUT2D eigenvalue weighted by atomic mass is 9.89. The van der Waals surface area contributed by atoms with Crippen LogP contribution in [-0.2, 0) is 30.5 Å². The number of carbonyl (C=O) groups is 4. The van der Waals surface area contributed by atoms with Crippen molar-refractivity contribution >= 4 is 40.4 Å². The van der Waals surface area contributed by atoms with E-state index in [4.69, 9.17) is 13.9 Å². The summed E-state index contributed by atoms with van der Waals surface area (Å²) < 4.78 is 16.9. The summed E-state index contributed by atoms with van der Waals surface area (Å²) in [6.07, 6.45) is 0.864. The molecule has 1 aliphatic carbocycles. The van der Waals surface area contributed by atoms with Gasteiger partial charge in [0.25, 0.3) is 5.91 Å². The minimum absolute atomic E-state index is 0.0783. The summed E-state index contributed by atoms with van der Waals surface area (Å²) in [6, 6.07) is 28.0. The van der Waals surface area contributed by atoms with E-state index in [0.717, 1.165) is 46.2 Å². The highest BCUT2D eigenvalue weighted by Crippen LogP contribution is 2.42. The standard InChI is InChI=1S/C47H56N4O7/c1-7-48-34-23-25-38-40(29-34)58-41-30-35(50(8-2)9-3)24-26-39(41)44(38)36-19-13-14-20-37(36)47(55)51(28-16-22-42(52)56-6)45(32(4)5)46(54)49-27-15-21-43(53)57-31-33-17-11-10-12-18-33/h10-14,17-20,23-26,29-30,32,45H,7-9,15-16,21-22,27-28,31H2,1-6H3,(H,49,54)/b48-34+. The molecule has 0 fully saturated rings. The van der Waals surface area contributed by atoms with Gasteiger partial charge in [-0.25, -0.2) is 0 Å². The summed E-state index contributed by atoms with van der Waals surface area (Å²) in [4.78, 5) is 62.3. The Bertz CT molecular complexity index is 2210. The number of methoxy groups -OCH3 is 1. The highest BCUT2D eigenvalue weighted by Gasteiger charge is 2.34. The molecule has 1 aliphatic heterocycles. The molecule has 0 saturated carbocycles. The van der Waals surface area contributed by atoms with Crippen LogP contribution in [0.2, 0.25) is 0 Å². The highest BCUT2D eigenvalue weighted by molar-refractivity contribution is 6.10. The van der Waals surface area contributed by atoms with Gasteiger partial charge in [-0.15, -0.1) is 0 Å². The number of benzene rings is 4. The summed E-state index contributed by atoms with van der Waals surface area (Å²) in [7, 11) is 1.33. The van der Waals surface area contributed by atoms with Crippen LogP contribution in [0, 0.1) is 5.92 Å². The minimum Gasteiger partial charge on any atom is -0.469 e. The smallest absolute Gasteiger partial charge is 0.306 e. The fourth-order valence-electron chi connectivity index (χ4n) is 7.29. The molecule has 2 aliphatic rings. The van der Waals surface area contributed by atoms with E-state index in [9.17, 15) is 14.4 Å². The Balaban J connectivity index is 1.50. The average molecular weight is 789 g/mol. The van der Waals surface area contributed by atoms with Gasteiger partial charge < -0.3 is 29.0 Å². The van der Waals surface area contributed by atoms with Crippen LogP contribution in [-0.4, -0.2) is 74.5 Å². The normalized spacial score (nSPS) is 12.1. The number of rotatable bonds is 19. The molecule has 3 aromatic carbocycles. The number of esters is 2. The third kappa shape index (κ3) is 10.7. The molecule has 5 rings (SSSR count). The monoisotopic (exact) mass is 788 g/mol. The zero-order valence-corrected chi connectivity index (χ0v) is 34.6. The van der Waals surface area contributed by atoms with Crippen molar-refractivity contribution < 1.29 is 33.1 Å². The fourth-order valence-corrected chi connectivity index (χ4v) is 7.29. The van der Waals surface area contributed by atoms with E-state index in [1.807, 2.05) is 99.6 Å². The van der Waals surface area contributed by atoms with Crippen LogP contribution in [0.1, 0.15) is 76.2 Å². The lowest BCUT2D eigenvalue weighted by molar-refractivity contribution is -0.145. The van der Waals surface area contributed by atoms with Gasteiger partial charge in [-0.1, -0.05) is 62.4 Å². The zero-order valence-electron chi connectivity index (χ0n) is 34.6. The second kappa shape index (κ2) is 21.0. The first kappa shape index (κ1) is 43.2. The van der Waals surface area contributed by atoms with Crippen molar-refractivity contribution in [2.75, 3.05) is 44.7 Å². The molecule has 0 aromatic heterocycles. The molecule has 1 heterocycles. The zero-order chi connectivity index (χ0) is 41.6. The van der Waals surface area contributed by atoms with E-state index in [0.29, 0.717) is 35.4 Å². The number of nitrogens with one attached hydrogen (secondary N) is 1. The molecular formula is C47H56N4O7. The van der Waals surface area contributed by atoms with Crippen LogP contribution < -0.4 is 15.6 Å². The Labute approximate surface area is 341 Å². The van der Waals surface area contributed by atoms with Crippen molar-refractivity contribution in [1.82, 2.24) is 10.2 Å². The summed E-state index contributed by atoms with van der Waals surface area (Å²) in [5.41, 5.74) is 5.32. The summed E-state index contributed by atoms with van der Waals surface area (Å²) in [6.45, 7) is 12.8. The number of amides is 2. The van der Waals surface area contributed by atoms with E-state index < -0.39 is 12.0 Å². The number of ether oxygens (including phenoxy) is 2. The van der Waals surface area contributed by atoms with E-state index in [1.54, 1.807) is 11.0 Å². The van der Waals surface area contributed by atoms with E-state index in [-0.39, 0.29) is 62.7 Å². The van der Waals surface area contributed by atoms with Crippen molar-refractivity contribution in [2.45, 2.75) is 73.0 Å². The molecule has 2 amide bonds.